The predicted octanol–water partition coefficient (Wildman–Crippen LogP) is 4.50. The molecule has 1 fully saturated rings. The van der Waals surface area contributed by atoms with Crippen LogP contribution < -0.4 is 10.5 Å². The van der Waals surface area contributed by atoms with E-state index in [1.54, 1.807) is 13.2 Å². The van der Waals surface area contributed by atoms with E-state index in [-0.39, 0.29) is 6.04 Å². The number of aryl methyl sites for hydroxylation is 1. The molecule has 2 N–H and O–H groups in total. The quantitative estimate of drug-likeness (QED) is 0.660. The Balaban J connectivity index is 1.53. The zero-order valence-corrected chi connectivity index (χ0v) is 17.5. The van der Waals surface area contributed by atoms with Gasteiger partial charge in [-0.15, -0.1) is 0 Å². The summed E-state index contributed by atoms with van der Waals surface area (Å²) >= 11 is 0. The molecule has 3 aromatic rings. The number of amides is 1. The molecule has 1 aliphatic heterocycles. The van der Waals surface area contributed by atoms with Crippen LogP contribution in [0.2, 0.25) is 0 Å². The van der Waals surface area contributed by atoms with Crippen molar-refractivity contribution in [1.82, 2.24) is 9.88 Å². The molecule has 0 radical (unpaired) electrons. The Morgan fingerprint density at radius 2 is 1.93 bits per heavy atom. The molecule has 5 nitrogen and oxygen atoms in total. The molecule has 1 saturated heterocycles. The van der Waals surface area contributed by atoms with Gasteiger partial charge in [-0.2, -0.15) is 0 Å². The molecule has 1 aromatic heterocycles. The van der Waals surface area contributed by atoms with Gasteiger partial charge < -0.3 is 10.5 Å². The lowest BCUT2D eigenvalue weighted by Gasteiger charge is -2.25. The molecule has 4 rings (SSSR count). The average molecular weight is 402 g/mol. The molecular weight excluding hydrogens is 374 g/mol. The van der Waals surface area contributed by atoms with Crippen molar-refractivity contribution in [2.75, 3.05) is 13.7 Å². The van der Waals surface area contributed by atoms with Crippen molar-refractivity contribution in [1.29, 1.82) is 0 Å². The van der Waals surface area contributed by atoms with E-state index in [0.717, 1.165) is 37.4 Å². The third-order valence-corrected chi connectivity index (χ3v) is 5.81. The number of hydrogen-bond acceptors (Lipinski definition) is 4. The van der Waals surface area contributed by atoms with Gasteiger partial charge >= 0.3 is 0 Å². The van der Waals surface area contributed by atoms with Crippen LogP contribution in [0, 0.1) is 6.92 Å². The number of pyridine rings is 1. The minimum absolute atomic E-state index is 0.260. The number of hydrogen-bond donors (Lipinski definition) is 1. The maximum atomic E-state index is 11.5. The van der Waals surface area contributed by atoms with Crippen LogP contribution in [0.5, 0.6) is 5.75 Å². The Labute approximate surface area is 177 Å². The van der Waals surface area contributed by atoms with Crippen molar-refractivity contribution >= 4 is 5.91 Å². The number of nitrogens with zero attached hydrogens (tertiary/aromatic N) is 2. The number of nitrogens with two attached hydrogens (primary N) is 1. The van der Waals surface area contributed by atoms with Gasteiger partial charge in [-0.1, -0.05) is 30.3 Å². The first kappa shape index (κ1) is 20.1. The Hall–Kier alpha value is -3.18. The minimum Gasteiger partial charge on any atom is -0.497 e. The Morgan fingerprint density at radius 3 is 2.63 bits per heavy atom. The molecule has 0 bridgehead atoms. The summed E-state index contributed by atoms with van der Waals surface area (Å²) in [7, 11) is 1.68. The molecule has 2 heterocycles. The Kier molecular flexibility index (Phi) is 5.81. The second kappa shape index (κ2) is 8.67. The summed E-state index contributed by atoms with van der Waals surface area (Å²) in [5, 5.41) is 0. The maximum absolute atomic E-state index is 11.5. The van der Waals surface area contributed by atoms with Crippen LogP contribution in [0.3, 0.4) is 0 Å². The van der Waals surface area contributed by atoms with Crippen LogP contribution in [0.4, 0.5) is 0 Å². The number of methoxy groups -OCH3 is 1. The maximum Gasteiger partial charge on any atom is 0.250 e. The fourth-order valence-corrected chi connectivity index (χ4v) is 4.24. The van der Waals surface area contributed by atoms with E-state index in [4.69, 9.17) is 15.5 Å². The van der Waals surface area contributed by atoms with Gasteiger partial charge in [0.1, 0.15) is 5.75 Å². The number of carbonyl (C=O) groups is 1. The van der Waals surface area contributed by atoms with Crippen LogP contribution in [-0.2, 0) is 6.54 Å². The number of aromatic nitrogens is 1. The number of rotatable bonds is 6. The van der Waals surface area contributed by atoms with Crippen molar-refractivity contribution in [3.63, 3.8) is 0 Å². The van der Waals surface area contributed by atoms with Crippen molar-refractivity contribution in [2.45, 2.75) is 32.4 Å². The van der Waals surface area contributed by atoms with Crippen LogP contribution >= 0.6 is 0 Å². The first-order chi connectivity index (χ1) is 14.5. The summed E-state index contributed by atoms with van der Waals surface area (Å²) in [6, 6.07) is 20.9. The second-order valence-corrected chi connectivity index (χ2v) is 7.79. The predicted molar refractivity (Wildman–Crippen MR) is 118 cm³/mol. The molecule has 1 atom stereocenters. The van der Waals surface area contributed by atoms with Gasteiger partial charge in [0, 0.05) is 6.54 Å². The molecule has 0 unspecified atom stereocenters. The normalized spacial score (nSPS) is 16.5. The van der Waals surface area contributed by atoms with Gasteiger partial charge in [0.05, 0.1) is 30.1 Å². The second-order valence-electron chi connectivity index (χ2n) is 7.79. The topological polar surface area (TPSA) is 68.5 Å². The lowest BCUT2D eigenvalue weighted by molar-refractivity contribution is 0.0999. The highest BCUT2D eigenvalue weighted by Crippen LogP contribution is 2.33. The summed E-state index contributed by atoms with van der Waals surface area (Å²) in [5.41, 5.74) is 11.3. The van der Waals surface area contributed by atoms with Gasteiger partial charge in [-0.3, -0.25) is 14.7 Å². The fourth-order valence-electron chi connectivity index (χ4n) is 4.24. The minimum atomic E-state index is -0.426. The van der Waals surface area contributed by atoms with E-state index >= 15 is 0 Å². The Bertz CT molecular complexity index is 1050. The van der Waals surface area contributed by atoms with Gasteiger partial charge in [0.2, 0.25) is 0 Å². The zero-order chi connectivity index (χ0) is 21.1. The first-order valence-electron chi connectivity index (χ1n) is 10.3. The van der Waals surface area contributed by atoms with Gasteiger partial charge in [0.25, 0.3) is 5.91 Å². The number of benzene rings is 2. The van der Waals surface area contributed by atoms with E-state index in [2.05, 4.69) is 41.3 Å². The largest absolute Gasteiger partial charge is 0.497 e. The van der Waals surface area contributed by atoms with E-state index in [1.807, 2.05) is 25.1 Å². The van der Waals surface area contributed by atoms with Gasteiger partial charge in [-0.25, -0.2) is 0 Å². The fraction of sp³-hybridized carbons (Fsp3) is 0.280. The van der Waals surface area contributed by atoms with Crippen LogP contribution in [-0.4, -0.2) is 29.4 Å². The first-order valence-corrected chi connectivity index (χ1v) is 10.3. The van der Waals surface area contributed by atoms with E-state index < -0.39 is 5.91 Å². The highest BCUT2D eigenvalue weighted by Gasteiger charge is 2.27. The molecule has 0 saturated carbocycles. The summed E-state index contributed by atoms with van der Waals surface area (Å²) in [4.78, 5) is 18.7. The van der Waals surface area contributed by atoms with E-state index in [9.17, 15) is 4.79 Å². The van der Waals surface area contributed by atoms with E-state index in [1.165, 1.54) is 16.7 Å². The van der Waals surface area contributed by atoms with Crippen molar-refractivity contribution in [2.24, 2.45) is 5.73 Å². The highest BCUT2D eigenvalue weighted by molar-refractivity contribution is 5.93. The van der Waals surface area contributed by atoms with Gasteiger partial charge in [-0.05, 0) is 73.3 Å². The monoisotopic (exact) mass is 401 g/mol. The molecule has 2 aromatic carbocycles. The summed E-state index contributed by atoms with van der Waals surface area (Å²) in [6.07, 6.45) is 2.21. The van der Waals surface area contributed by atoms with Crippen LogP contribution in [0.1, 0.15) is 46.2 Å². The molecule has 1 aliphatic rings. The van der Waals surface area contributed by atoms with Crippen molar-refractivity contribution < 1.29 is 9.53 Å². The average Bonchev–Trinajstić information content (AvgIpc) is 3.21. The number of primary amides is 1. The highest BCUT2D eigenvalue weighted by atomic mass is 16.5. The molecule has 5 heteroatoms. The Morgan fingerprint density at radius 1 is 1.13 bits per heavy atom. The SMILES string of the molecule is COc1ccc(-c2cccc(CN3CCC[C@H]3c3ccc(C(N)=O)c(C)n3)c2)cc1. The molecule has 0 spiro atoms. The molecule has 0 aliphatic carbocycles. The smallest absolute Gasteiger partial charge is 0.250 e. The van der Waals surface area contributed by atoms with Crippen molar-refractivity contribution in [3.05, 3.63) is 83.2 Å². The van der Waals surface area contributed by atoms with Crippen LogP contribution in [0.15, 0.2) is 60.7 Å². The molecular formula is C25H27N3O2. The number of carbonyl (C=O) groups excluding carboxylic acids is 1. The molecule has 1 amide bonds. The van der Waals surface area contributed by atoms with Gasteiger partial charge in [0.15, 0.2) is 0 Å². The third-order valence-electron chi connectivity index (χ3n) is 5.81. The lowest BCUT2D eigenvalue weighted by Crippen LogP contribution is -2.24. The summed E-state index contributed by atoms with van der Waals surface area (Å²) in [6.45, 7) is 3.75. The zero-order valence-electron chi connectivity index (χ0n) is 17.5. The number of ether oxygens (including phenoxy) is 1. The van der Waals surface area contributed by atoms with E-state index in [0.29, 0.717) is 11.3 Å². The standard InChI is InChI=1S/C25H27N3O2/c1-17-22(25(26)29)12-13-23(27-17)24-7-4-14-28(24)16-18-5-3-6-20(15-18)19-8-10-21(30-2)11-9-19/h3,5-6,8-13,15,24H,4,7,14,16H2,1-2H3,(H2,26,29)/t24-/m0/s1. The van der Waals surface area contributed by atoms with Crippen LogP contribution in [0.25, 0.3) is 11.1 Å². The molecule has 154 valence electrons. The lowest BCUT2D eigenvalue weighted by atomic mass is 10.0. The third kappa shape index (κ3) is 4.21. The molecule has 30 heavy (non-hydrogen) atoms. The number of likely N-dealkylation sites (tertiary alicyclic amines) is 1. The summed E-state index contributed by atoms with van der Waals surface area (Å²) in [5.74, 6) is 0.435. The summed E-state index contributed by atoms with van der Waals surface area (Å²) < 4.78 is 5.26. The van der Waals surface area contributed by atoms with Crippen molar-refractivity contribution in [3.8, 4) is 16.9 Å².